The highest BCUT2D eigenvalue weighted by atomic mass is 35.5. The number of amides is 1. The van der Waals surface area contributed by atoms with Gasteiger partial charge in [0.25, 0.3) is 15.9 Å². The maximum Gasteiger partial charge on any atom is 0.266 e. The van der Waals surface area contributed by atoms with E-state index in [0.29, 0.717) is 10.6 Å². The zero-order valence-corrected chi connectivity index (χ0v) is 26.8. The molecule has 2 N–H and O–H groups in total. The van der Waals surface area contributed by atoms with E-state index in [-0.39, 0.29) is 15.8 Å². The number of aromatic nitrogens is 2. The van der Waals surface area contributed by atoms with Gasteiger partial charge in [-0.25, -0.2) is 8.42 Å². The molecule has 10 heteroatoms. The number of nitrogens with one attached hydrogen (secondary N) is 2. The fraction of sp³-hybridized carbons (Fsp3) is 0.147. The number of sulfonamides is 1. The fourth-order valence-corrected chi connectivity index (χ4v) is 7.68. The molecule has 0 radical (unpaired) electrons. The minimum Gasteiger partial charge on any atom is -0.348 e. The highest BCUT2D eigenvalue weighted by Gasteiger charge is 2.29. The molecule has 0 saturated carbocycles. The van der Waals surface area contributed by atoms with Crippen LogP contribution in [0.1, 0.15) is 44.4 Å². The van der Waals surface area contributed by atoms with E-state index in [1.54, 1.807) is 12.1 Å². The summed E-state index contributed by atoms with van der Waals surface area (Å²) in [5.74, 6) is -0.737. The zero-order valence-electron chi connectivity index (χ0n) is 24.5. The minimum atomic E-state index is -4.13. The van der Waals surface area contributed by atoms with Gasteiger partial charge in [-0.1, -0.05) is 71.7 Å². The predicted molar refractivity (Wildman–Crippen MR) is 177 cm³/mol. The molecule has 2 heterocycles. The lowest BCUT2D eigenvalue weighted by molar-refractivity contribution is 0.0945. The number of benzene rings is 4. The first-order chi connectivity index (χ1) is 21.0. The first kappa shape index (κ1) is 30.0. The van der Waals surface area contributed by atoms with Gasteiger partial charge in [0.2, 0.25) is 0 Å². The Balaban J connectivity index is 1.40. The summed E-state index contributed by atoms with van der Waals surface area (Å²) >= 11 is 12.0. The van der Waals surface area contributed by atoms with Crippen molar-refractivity contribution in [1.82, 2.24) is 19.4 Å². The Hall–Kier alpha value is -4.08. The molecule has 7 nitrogen and oxygen atoms in total. The first-order valence-electron chi connectivity index (χ1n) is 13.9. The molecule has 0 aliphatic rings. The Morgan fingerprint density at radius 3 is 1.80 bits per heavy atom. The SMILES string of the molecule is Cc1c(C(c2ccc(C(=O)NNS(=O)(=O)c3ccc(Cl)cc3Cl)cc2)c2c(C)n(C)c3ccccc23)c2ccccc2n1C. The second-order valence-corrected chi connectivity index (χ2v) is 13.3. The van der Waals surface area contributed by atoms with E-state index in [4.69, 9.17) is 23.2 Å². The highest BCUT2D eigenvalue weighted by Crippen LogP contribution is 2.44. The molecule has 0 bridgehead atoms. The van der Waals surface area contributed by atoms with Crippen molar-refractivity contribution >= 4 is 60.9 Å². The number of hydrogen-bond acceptors (Lipinski definition) is 3. The Kier molecular flexibility index (Phi) is 7.80. The van der Waals surface area contributed by atoms with Crippen molar-refractivity contribution in [2.75, 3.05) is 0 Å². The Labute approximate surface area is 266 Å². The molecule has 0 aliphatic heterocycles. The van der Waals surface area contributed by atoms with Crippen LogP contribution in [0.5, 0.6) is 0 Å². The number of para-hydroxylation sites is 2. The summed E-state index contributed by atoms with van der Waals surface area (Å²) in [6, 6.07) is 28.1. The normalized spacial score (nSPS) is 12.0. The summed E-state index contributed by atoms with van der Waals surface area (Å²) in [6.45, 7) is 4.29. The smallest absolute Gasteiger partial charge is 0.266 e. The van der Waals surface area contributed by atoms with Crippen molar-refractivity contribution in [3.8, 4) is 0 Å². The van der Waals surface area contributed by atoms with E-state index >= 15 is 0 Å². The van der Waals surface area contributed by atoms with E-state index in [2.05, 4.69) is 83.7 Å². The van der Waals surface area contributed by atoms with E-state index in [0.717, 1.165) is 28.0 Å². The molecular weight excluding hydrogens is 615 g/mol. The number of nitrogens with zero attached hydrogens (tertiary/aromatic N) is 2. The van der Waals surface area contributed by atoms with Crippen molar-refractivity contribution in [3.63, 3.8) is 0 Å². The molecule has 0 spiro atoms. The number of halogens is 2. The molecule has 0 aliphatic carbocycles. The van der Waals surface area contributed by atoms with Crippen LogP contribution in [0, 0.1) is 13.8 Å². The molecule has 0 unspecified atom stereocenters. The lowest BCUT2D eigenvalue weighted by atomic mass is 9.82. The number of rotatable bonds is 7. The molecule has 2 aromatic heterocycles. The zero-order chi connectivity index (χ0) is 31.3. The van der Waals surface area contributed by atoms with Gasteiger partial charge in [-0.2, -0.15) is 0 Å². The Morgan fingerprint density at radius 2 is 1.27 bits per heavy atom. The first-order valence-corrected chi connectivity index (χ1v) is 16.2. The third-order valence-corrected chi connectivity index (χ3v) is 10.4. The summed E-state index contributed by atoms with van der Waals surface area (Å²) in [7, 11) is 0.0383. The number of carbonyl (C=O) groups excluding carboxylic acids is 1. The predicted octanol–water partition coefficient (Wildman–Crippen LogP) is 7.40. The van der Waals surface area contributed by atoms with Crippen molar-refractivity contribution in [1.29, 1.82) is 0 Å². The molecule has 0 atom stereocenters. The molecule has 6 rings (SSSR count). The van der Waals surface area contributed by atoms with E-state index < -0.39 is 15.9 Å². The van der Waals surface area contributed by atoms with E-state index in [1.807, 2.05) is 24.3 Å². The topological polar surface area (TPSA) is 85.1 Å². The minimum absolute atomic E-state index is 0.0536. The van der Waals surface area contributed by atoms with Crippen LogP contribution in [0.15, 0.2) is 95.9 Å². The third kappa shape index (κ3) is 5.08. The van der Waals surface area contributed by atoms with E-state index in [9.17, 15) is 13.2 Å². The van der Waals surface area contributed by atoms with Gasteiger partial charge in [0.1, 0.15) is 4.90 Å². The second kappa shape index (κ2) is 11.4. The van der Waals surface area contributed by atoms with Crippen molar-refractivity contribution in [3.05, 3.63) is 135 Å². The largest absolute Gasteiger partial charge is 0.348 e. The maximum atomic E-state index is 13.0. The van der Waals surface area contributed by atoms with Gasteiger partial charge < -0.3 is 9.13 Å². The number of aryl methyl sites for hydroxylation is 2. The second-order valence-electron chi connectivity index (χ2n) is 10.8. The summed E-state index contributed by atoms with van der Waals surface area (Å²) in [4.78, 5) is 15.0. The number of carbonyl (C=O) groups is 1. The molecular formula is C34H30Cl2N4O3S. The summed E-state index contributed by atoms with van der Waals surface area (Å²) in [6.07, 6.45) is 0. The quantitative estimate of drug-likeness (QED) is 0.178. The van der Waals surface area contributed by atoms with Gasteiger partial charge in [-0.3, -0.25) is 10.2 Å². The number of hydrogen-bond donors (Lipinski definition) is 2. The van der Waals surface area contributed by atoms with Crippen LogP contribution in [0.2, 0.25) is 10.0 Å². The summed E-state index contributed by atoms with van der Waals surface area (Å²) in [5.41, 5.74) is 10.6. The van der Waals surface area contributed by atoms with Crippen LogP contribution in [0.25, 0.3) is 21.8 Å². The molecule has 44 heavy (non-hydrogen) atoms. The lowest BCUT2D eigenvalue weighted by Gasteiger charge is -2.21. The summed E-state index contributed by atoms with van der Waals surface area (Å²) < 4.78 is 30.0. The average molecular weight is 646 g/mol. The van der Waals surface area contributed by atoms with Crippen LogP contribution < -0.4 is 10.3 Å². The van der Waals surface area contributed by atoms with Crippen molar-refractivity contribution in [2.45, 2.75) is 24.7 Å². The molecule has 1 amide bonds. The van der Waals surface area contributed by atoms with Crippen LogP contribution >= 0.6 is 23.2 Å². The third-order valence-electron chi connectivity index (χ3n) is 8.46. The van der Waals surface area contributed by atoms with Gasteiger partial charge in [-0.15, -0.1) is 4.83 Å². The van der Waals surface area contributed by atoms with Gasteiger partial charge in [-0.05, 0) is 73.0 Å². The van der Waals surface area contributed by atoms with Crippen LogP contribution in [0.3, 0.4) is 0 Å². The Bertz CT molecular complexity index is 2100. The van der Waals surface area contributed by atoms with Crippen molar-refractivity contribution in [2.24, 2.45) is 14.1 Å². The van der Waals surface area contributed by atoms with Crippen LogP contribution in [-0.2, 0) is 24.1 Å². The lowest BCUT2D eigenvalue weighted by Crippen LogP contribution is -2.41. The number of hydrazine groups is 1. The molecule has 0 fully saturated rings. The van der Waals surface area contributed by atoms with Crippen LogP contribution in [0.4, 0.5) is 0 Å². The van der Waals surface area contributed by atoms with Crippen LogP contribution in [-0.4, -0.2) is 23.5 Å². The van der Waals surface area contributed by atoms with Gasteiger partial charge in [0.05, 0.1) is 5.02 Å². The standard InChI is InChI=1S/C34H30Cl2N4O3S/c1-20-31(25-9-5-7-11-28(25)39(20)3)33(32-21(2)40(4)29-12-8-6-10-26(29)32)22-13-15-23(16-14-22)34(41)37-38-44(42,43)30-18-17-24(35)19-27(30)36/h5-19,33,38H,1-4H3,(H,37,41). The molecule has 0 saturated heterocycles. The molecule has 4 aromatic carbocycles. The average Bonchev–Trinajstić information content (AvgIpc) is 3.41. The molecule has 224 valence electrons. The van der Waals surface area contributed by atoms with Gasteiger partial charge in [0, 0.05) is 63.8 Å². The van der Waals surface area contributed by atoms with Crippen molar-refractivity contribution < 1.29 is 13.2 Å². The highest BCUT2D eigenvalue weighted by molar-refractivity contribution is 7.89. The fourth-order valence-electron chi connectivity index (χ4n) is 6.07. The molecule has 6 aromatic rings. The summed E-state index contributed by atoms with van der Waals surface area (Å²) in [5, 5.41) is 2.58. The van der Waals surface area contributed by atoms with E-state index in [1.165, 1.54) is 40.1 Å². The number of fused-ring (bicyclic) bond motifs is 2. The van der Waals surface area contributed by atoms with Gasteiger partial charge in [0.15, 0.2) is 0 Å². The maximum absolute atomic E-state index is 13.0. The Morgan fingerprint density at radius 1 is 0.750 bits per heavy atom. The monoisotopic (exact) mass is 644 g/mol. The van der Waals surface area contributed by atoms with Gasteiger partial charge >= 0.3 is 0 Å².